The Bertz CT molecular complexity index is 1600. The first-order valence-electron chi connectivity index (χ1n) is 12.9. The summed E-state index contributed by atoms with van der Waals surface area (Å²) in [5, 5.41) is 13.4. The van der Waals surface area contributed by atoms with Crippen molar-refractivity contribution in [2.45, 2.75) is 52.4 Å². The molecule has 5 rings (SSSR count). The van der Waals surface area contributed by atoms with Crippen LogP contribution in [0.15, 0.2) is 65.8 Å². The standard InChI is InChI=1S/C30H31N5O2S2/c1-6-35-28(21(5)37-24-14-19(3)13-20(4)15-24)33-34-30(35)38-17-27(36)31-23-10-8-22(9-11-23)29-32-25-12-7-18(2)16-26(25)39-29/h7-16,21H,6,17H2,1-5H3,(H,31,36). The molecule has 1 N–H and O–H groups in total. The van der Waals surface area contributed by atoms with Crippen LogP contribution in [-0.4, -0.2) is 31.4 Å². The highest BCUT2D eigenvalue weighted by Crippen LogP contribution is 2.31. The highest BCUT2D eigenvalue weighted by molar-refractivity contribution is 7.99. The molecule has 200 valence electrons. The van der Waals surface area contributed by atoms with Gasteiger partial charge in [0.25, 0.3) is 0 Å². The minimum absolute atomic E-state index is 0.102. The lowest BCUT2D eigenvalue weighted by Gasteiger charge is -2.16. The molecule has 0 aliphatic heterocycles. The average Bonchev–Trinajstić information content (AvgIpc) is 3.51. The van der Waals surface area contributed by atoms with Gasteiger partial charge in [0.1, 0.15) is 10.8 Å². The van der Waals surface area contributed by atoms with Gasteiger partial charge >= 0.3 is 0 Å². The van der Waals surface area contributed by atoms with Crippen LogP contribution in [0.25, 0.3) is 20.8 Å². The highest BCUT2D eigenvalue weighted by atomic mass is 32.2. The molecule has 3 aromatic carbocycles. The molecule has 1 unspecified atom stereocenters. The van der Waals surface area contributed by atoms with E-state index in [4.69, 9.17) is 9.72 Å². The van der Waals surface area contributed by atoms with Gasteiger partial charge in [-0.25, -0.2) is 4.98 Å². The molecular formula is C30H31N5O2S2. The molecule has 39 heavy (non-hydrogen) atoms. The molecule has 0 saturated heterocycles. The molecule has 0 fully saturated rings. The number of carbonyl (C=O) groups is 1. The van der Waals surface area contributed by atoms with Crippen LogP contribution in [0.3, 0.4) is 0 Å². The zero-order valence-electron chi connectivity index (χ0n) is 22.7. The summed E-state index contributed by atoms with van der Waals surface area (Å²) < 4.78 is 9.34. The van der Waals surface area contributed by atoms with E-state index in [9.17, 15) is 4.79 Å². The molecular weight excluding hydrogens is 526 g/mol. The van der Waals surface area contributed by atoms with Gasteiger partial charge in [0.2, 0.25) is 5.91 Å². The molecule has 0 aliphatic carbocycles. The van der Waals surface area contributed by atoms with E-state index in [-0.39, 0.29) is 17.8 Å². The Morgan fingerprint density at radius 2 is 1.74 bits per heavy atom. The van der Waals surface area contributed by atoms with Gasteiger partial charge in [0, 0.05) is 17.8 Å². The van der Waals surface area contributed by atoms with Gasteiger partial charge in [-0.15, -0.1) is 21.5 Å². The van der Waals surface area contributed by atoms with E-state index in [1.54, 1.807) is 11.3 Å². The molecule has 0 saturated carbocycles. The average molecular weight is 558 g/mol. The van der Waals surface area contributed by atoms with E-state index in [0.717, 1.165) is 44.5 Å². The number of hydrogen-bond donors (Lipinski definition) is 1. The third-order valence-corrected chi connectivity index (χ3v) is 8.26. The number of ether oxygens (including phenoxy) is 1. The summed E-state index contributed by atoms with van der Waals surface area (Å²) in [7, 11) is 0. The third-order valence-electron chi connectivity index (χ3n) is 6.23. The predicted molar refractivity (Wildman–Crippen MR) is 160 cm³/mol. The number of aromatic nitrogens is 4. The number of rotatable bonds is 9. The summed E-state index contributed by atoms with van der Waals surface area (Å²) >= 11 is 3.04. The summed E-state index contributed by atoms with van der Waals surface area (Å²) in [6.07, 6.45) is -0.278. The van der Waals surface area contributed by atoms with E-state index >= 15 is 0 Å². The number of amides is 1. The van der Waals surface area contributed by atoms with Crippen molar-refractivity contribution in [2.24, 2.45) is 0 Å². The van der Waals surface area contributed by atoms with E-state index in [2.05, 4.69) is 60.6 Å². The predicted octanol–water partition coefficient (Wildman–Crippen LogP) is 7.37. The second-order valence-corrected chi connectivity index (χ2v) is 11.5. The van der Waals surface area contributed by atoms with Crippen molar-refractivity contribution >= 4 is 44.9 Å². The largest absolute Gasteiger partial charge is 0.483 e. The van der Waals surface area contributed by atoms with Crippen LogP contribution in [0.2, 0.25) is 0 Å². The number of nitrogens with zero attached hydrogens (tertiary/aromatic N) is 4. The Balaban J connectivity index is 1.19. The topological polar surface area (TPSA) is 81.9 Å². The highest BCUT2D eigenvalue weighted by Gasteiger charge is 2.20. The first-order chi connectivity index (χ1) is 18.8. The number of fused-ring (bicyclic) bond motifs is 1. The van der Waals surface area contributed by atoms with Crippen molar-refractivity contribution in [1.29, 1.82) is 0 Å². The quantitative estimate of drug-likeness (QED) is 0.191. The normalized spacial score (nSPS) is 12.0. The van der Waals surface area contributed by atoms with Crippen molar-refractivity contribution in [1.82, 2.24) is 19.7 Å². The summed E-state index contributed by atoms with van der Waals surface area (Å²) in [6, 6.07) is 20.2. The lowest BCUT2D eigenvalue weighted by Crippen LogP contribution is -2.15. The molecule has 0 radical (unpaired) electrons. The Hall–Kier alpha value is -3.69. The first kappa shape index (κ1) is 26.9. The number of benzene rings is 3. The van der Waals surface area contributed by atoms with E-state index in [0.29, 0.717) is 11.7 Å². The van der Waals surface area contributed by atoms with Crippen LogP contribution in [0.4, 0.5) is 5.69 Å². The molecule has 1 atom stereocenters. The molecule has 5 aromatic rings. The van der Waals surface area contributed by atoms with Crippen LogP contribution >= 0.6 is 23.1 Å². The second-order valence-electron chi connectivity index (χ2n) is 9.57. The molecule has 0 bridgehead atoms. The zero-order chi connectivity index (χ0) is 27.5. The third kappa shape index (κ3) is 6.32. The smallest absolute Gasteiger partial charge is 0.234 e. The molecule has 7 nitrogen and oxygen atoms in total. The maximum absolute atomic E-state index is 12.7. The summed E-state index contributed by atoms with van der Waals surface area (Å²) in [4.78, 5) is 17.5. The van der Waals surface area contributed by atoms with E-state index in [1.807, 2.05) is 54.8 Å². The van der Waals surface area contributed by atoms with Gasteiger partial charge < -0.3 is 14.6 Å². The maximum Gasteiger partial charge on any atom is 0.234 e. The van der Waals surface area contributed by atoms with Crippen LogP contribution in [0, 0.1) is 20.8 Å². The van der Waals surface area contributed by atoms with Gasteiger partial charge in [-0.3, -0.25) is 4.79 Å². The van der Waals surface area contributed by atoms with Crippen molar-refractivity contribution in [3.63, 3.8) is 0 Å². The lowest BCUT2D eigenvalue weighted by atomic mass is 10.1. The van der Waals surface area contributed by atoms with Crippen molar-refractivity contribution in [3.8, 4) is 16.3 Å². The summed E-state index contributed by atoms with van der Waals surface area (Å²) in [5.41, 5.74) is 6.30. The number of carbonyl (C=O) groups excluding carboxylic acids is 1. The fourth-order valence-corrected chi connectivity index (χ4v) is 6.32. The second kappa shape index (κ2) is 11.6. The zero-order valence-corrected chi connectivity index (χ0v) is 24.3. The number of thiazole rings is 1. The van der Waals surface area contributed by atoms with Crippen LogP contribution in [-0.2, 0) is 11.3 Å². The molecule has 1 amide bonds. The summed E-state index contributed by atoms with van der Waals surface area (Å²) in [6.45, 7) is 10.9. The Morgan fingerprint density at radius 3 is 2.46 bits per heavy atom. The van der Waals surface area contributed by atoms with Gasteiger partial charge in [-0.2, -0.15) is 0 Å². The lowest BCUT2D eigenvalue weighted by molar-refractivity contribution is -0.113. The van der Waals surface area contributed by atoms with Gasteiger partial charge in [-0.1, -0.05) is 23.9 Å². The number of hydrogen-bond acceptors (Lipinski definition) is 7. The number of thioether (sulfide) groups is 1. The molecule has 2 heterocycles. The van der Waals surface area contributed by atoms with E-state index < -0.39 is 0 Å². The first-order valence-corrected chi connectivity index (χ1v) is 14.7. The molecule has 0 spiro atoms. The van der Waals surface area contributed by atoms with Crippen LogP contribution < -0.4 is 10.1 Å². The SMILES string of the molecule is CCn1c(SCC(=O)Nc2ccc(-c3nc4ccc(C)cc4s3)cc2)nnc1C(C)Oc1cc(C)cc(C)c1. The Kier molecular flexibility index (Phi) is 7.99. The van der Waals surface area contributed by atoms with Gasteiger partial charge in [-0.05, 0) is 99.8 Å². The minimum Gasteiger partial charge on any atom is -0.483 e. The fourth-order valence-electron chi connectivity index (χ4n) is 4.44. The Morgan fingerprint density at radius 1 is 1.00 bits per heavy atom. The maximum atomic E-state index is 12.7. The van der Waals surface area contributed by atoms with E-state index in [1.165, 1.54) is 22.0 Å². The van der Waals surface area contributed by atoms with Gasteiger partial charge in [0.05, 0.1) is 16.0 Å². The Labute approximate surface area is 236 Å². The minimum atomic E-state index is -0.278. The van der Waals surface area contributed by atoms with Crippen molar-refractivity contribution in [3.05, 3.63) is 83.2 Å². The van der Waals surface area contributed by atoms with Crippen molar-refractivity contribution < 1.29 is 9.53 Å². The number of anilines is 1. The monoisotopic (exact) mass is 557 g/mol. The van der Waals surface area contributed by atoms with Gasteiger partial charge in [0.15, 0.2) is 17.1 Å². The fraction of sp³-hybridized carbons (Fsp3) is 0.267. The number of aryl methyl sites for hydroxylation is 3. The molecule has 9 heteroatoms. The molecule has 0 aliphatic rings. The van der Waals surface area contributed by atoms with Crippen LogP contribution in [0.5, 0.6) is 5.75 Å². The molecule has 2 aromatic heterocycles. The number of nitrogens with one attached hydrogen (secondary N) is 1. The van der Waals surface area contributed by atoms with Crippen LogP contribution in [0.1, 0.15) is 42.5 Å². The van der Waals surface area contributed by atoms with Crippen molar-refractivity contribution in [2.75, 3.05) is 11.1 Å². The summed E-state index contributed by atoms with van der Waals surface area (Å²) in [5.74, 6) is 1.67.